The van der Waals surface area contributed by atoms with Crippen molar-refractivity contribution in [1.29, 1.82) is 0 Å². The summed E-state index contributed by atoms with van der Waals surface area (Å²) in [7, 11) is 0. The van der Waals surface area contributed by atoms with Crippen LogP contribution in [0.5, 0.6) is 0 Å². The number of aliphatic hydroxyl groups is 3. The monoisotopic (exact) mass is 1340 g/mol. The molecule has 4 aliphatic rings. The average Bonchev–Trinajstić information content (AvgIpc) is 0.769. The SMILES string of the molecule is C[C@@H]1O[C@@H](O[C@H]2[C@@H](O)[C@H](O)O[C@@H](C)[C@@H]2OCc2ccccc2)[C@H](O[C@@H]2O[C@@H](C)[C@H](OCc3ccccc3)[C@@H](O[C@H]3O[C@H](COCc4ccccc4)[C@@H](OCc4ccccc4)[C@H](OCc4ccccc4)[C@H]3OCc3ccccc3)[C@H]2O)[C@H](OCc2ccccc2)[C@H]1OCc1ccccc1. The van der Waals surface area contributed by atoms with Crippen molar-refractivity contribution in [2.75, 3.05) is 6.61 Å². The van der Waals surface area contributed by atoms with E-state index in [4.69, 9.17) is 71.1 Å². The Morgan fingerprint density at radius 3 is 0.898 bits per heavy atom. The van der Waals surface area contributed by atoms with E-state index in [1.807, 2.05) is 257 Å². The fourth-order valence-corrected chi connectivity index (χ4v) is 12.9. The zero-order valence-electron chi connectivity index (χ0n) is 55.5. The molecule has 8 aromatic carbocycles. The summed E-state index contributed by atoms with van der Waals surface area (Å²) in [6, 6.07) is 78.2. The molecule has 0 spiro atoms. The Balaban J connectivity index is 0.928. The van der Waals surface area contributed by atoms with E-state index in [-0.39, 0.29) is 59.5 Å². The van der Waals surface area contributed by atoms with Gasteiger partial charge in [0.2, 0.25) is 0 Å². The number of aliphatic hydroxyl groups excluding tert-OH is 3. The number of hydrogen-bond donors (Lipinski definition) is 3. The fraction of sp³-hybridized carbons (Fsp3) is 0.400. The highest BCUT2D eigenvalue weighted by molar-refractivity contribution is 5.20. The minimum Gasteiger partial charge on any atom is -0.385 e. The lowest BCUT2D eigenvalue weighted by molar-refractivity contribution is -0.401. The zero-order valence-corrected chi connectivity index (χ0v) is 55.5. The first-order valence-electron chi connectivity index (χ1n) is 33.9. The van der Waals surface area contributed by atoms with E-state index in [0.717, 1.165) is 44.5 Å². The maximum absolute atomic E-state index is 13.6. The summed E-state index contributed by atoms with van der Waals surface area (Å²) in [6.07, 6.45) is -23.1. The summed E-state index contributed by atoms with van der Waals surface area (Å²) >= 11 is 0. The van der Waals surface area contributed by atoms with Gasteiger partial charge in [-0.25, -0.2) is 0 Å². The summed E-state index contributed by atoms with van der Waals surface area (Å²) in [5.41, 5.74) is 7.15. The molecule has 0 aromatic heterocycles. The average molecular weight is 1340 g/mol. The second-order valence-electron chi connectivity index (χ2n) is 25.3. The molecule has 0 amide bonds. The Hall–Kier alpha value is -6.96. The van der Waals surface area contributed by atoms with Gasteiger partial charge in [-0.2, -0.15) is 0 Å². The van der Waals surface area contributed by atoms with Gasteiger partial charge in [-0.3, -0.25) is 0 Å². The van der Waals surface area contributed by atoms with Gasteiger partial charge in [-0.05, 0) is 65.3 Å². The summed E-state index contributed by atoms with van der Waals surface area (Å²) in [5.74, 6) is 0. The second kappa shape index (κ2) is 35.9. The maximum Gasteiger partial charge on any atom is 0.187 e. The molecule has 0 unspecified atom stereocenters. The fourth-order valence-electron chi connectivity index (χ4n) is 12.9. The minimum atomic E-state index is -1.69. The molecule has 8 aromatic rings. The molecule has 518 valence electrons. The number of hydrogen-bond acceptors (Lipinski definition) is 18. The van der Waals surface area contributed by atoms with Crippen LogP contribution in [-0.4, -0.2) is 145 Å². The molecule has 0 bridgehead atoms. The van der Waals surface area contributed by atoms with E-state index >= 15 is 0 Å². The molecule has 0 aliphatic carbocycles. The van der Waals surface area contributed by atoms with E-state index in [1.165, 1.54) is 0 Å². The van der Waals surface area contributed by atoms with Crippen molar-refractivity contribution in [3.05, 3.63) is 287 Å². The third-order valence-corrected chi connectivity index (χ3v) is 18.1. The molecule has 3 N–H and O–H groups in total. The lowest BCUT2D eigenvalue weighted by Gasteiger charge is -2.51. The Morgan fingerprint density at radius 2 is 0.520 bits per heavy atom. The summed E-state index contributed by atoms with van der Waals surface area (Å²) < 4.78 is 104. The Labute approximate surface area is 574 Å². The van der Waals surface area contributed by atoms with Crippen LogP contribution < -0.4 is 0 Å². The van der Waals surface area contributed by atoms with Crippen molar-refractivity contribution < 1.29 is 86.4 Å². The molecular weight excluding hydrogens is 1250 g/mol. The van der Waals surface area contributed by atoms with Crippen molar-refractivity contribution in [3.8, 4) is 0 Å². The molecule has 4 saturated heterocycles. The van der Waals surface area contributed by atoms with Crippen molar-refractivity contribution in [1.82, 2.24) is 0 Å². The molecule has 0 radical (unpaired) electrons. The van der Waals surface area contributed by atoms with Gasteiger partial charge in [0.15, 0.2) is 25.2 Å². The molecule has 4 heterocycles. The van der Waals surface area contributed by atoms with Gasteiger partial charge in [-0.15, -0.1) is 0 Å². The Bertz CT molecular complexity index is 3520. The lowest BCUT2D eigenvalue weighted by atomic mass is 9.95. The highest BCUT2D eigenvalue weighted by atomic mass is 16.8. The van der Waals surface area contributed by atoms with Crippen LogP contribution in [0.3, 0.4) is 0 Å². The van der Waals surface area contributed by atoms with Gasteiger partial charge in [0.1, 0.15) is 79.4 Å². The molecule has 4 fully saturated rings. The standard InChI is InChI=1S/C80H90O18/c1-53-67(85-45-57-30-14-5-15-31-57)71(65(81)77(83)92-53)96-80-76(73(89-49-61-38-22-9-23-39-61)69(55(3)94-80)87-47-59-34-18-7-19-35-59)98-78-66(82)72(68(54(2)93-78)86-46-58-32-16-6-17-33-58)97-79-75(91-51-63-42-26-11-27-43-63)74(90-50-62-40-24-10-25-41-62)70(88-48-60-36-20-8-21-37-60)64(95-79)52-84-44-56-28-12-4-13-29-56/h4-43,53-55,64-83H,44-52H2,1-3H3/t53-,54-,55-,64+,65+,66+,67-,68-,69-,70+,71-,72-,73+,74-,75+,76+,77+,78-,79+,80-/m0/s1. The molecule has 20 atom stereocenters. The molecule has 18 nitrogen and oxygen atoms in total. The van der Waals surface area contributed by atoms with E-state index in [0.29, 0.717) is 0 Å². The van der Waals surface area contributed by atoms with Crippen LogP contribution in [0.25, 0.3) is 0 Å². The van der Waals surface area contributed by atoms with Gasteiger partial charge >= 0.3 is 0 Å². The normalized spacial score (nSPS) is 30.4. The smallest absolute Gasteiger partial charge is 0.187 e. The predicted molar refractivity (Wildman–Crippen MR) is 362 cm³/mol. The van der Waals surface area contributed by atoms with E-state index in [2.05, 4.69) is 0 Å². The highest BCUT2D eigenvalue weighted by Gasteiger charge is 2.57. The van der Waals surface area contributed by atoms with Gasteiger partial charge in [0.05, 0.1) is 77.8 Å². The van der Waals surface area contributed by atoms with E-state index in [9.17, 15) is 15.3 Å². The topological polar surface area (TPSA) is 199 Å². The van der Waals surface area contributed by atoms with E-state index < -0.39 is 123 Å². The van der Waals surface area contributed by atoms with Crippen LogP contribution in [0.2, 0.25) is 0 Å². The van der Waals surface area contributed by atoms with Crippen LogP contribution in [0.1, 0.15) is 65.3 Å². The number of ether oxygens (including phenoxy) is 15. The third kappa shape index (κ3) is 19.1. The van der Waals surface area contributed by atoms with Gasteiger partial charge in [0, 0.05) is 0 Å². The van der Waals surface area contributed by atoms with Crippen LogP contribution >= 0.6 is 0 Å². The van der Waals surface area contributed by atoms with Crippen molar-refractivity contribution in [2.24, 2.45) is 0 Å². The summed E-state index contributed by atoms with van der Waals surface area (Å²) in [4.78, 5) is 0. The van der Waals surface area contributed by atoms with Crippen molar-refractivity contribution in [3.63, 3.8) is 0 Å². The second-order valence-corrected chi connectivity index (χ2v) is 25.3. The zero-order chi connectivity index (χ0) is 67.4. The largest absolute Gasteiger partial charge is 0.385 e. The minimum absolute atomic E-state index is 0.0341. The van der Waals surface area contributed by atoms with E-state index in [1.54, 1.807) is 6.92 Å². The van der Waals surface area contributed by atoms with Crippen LogP contribution in [0.4, 0.5) is 0 Å². The first-order chi connectivity index (χ1) is 48.1. The van der Waals surface area contributed by atoms with Crippen LogP contribution in [0.15, 0.2) is 243 Å². The number of rotatable bonds is 31. The molecular formula is C80H90O18. The van der Waals surface area contributed by atoms with Crippen LogP contribution in [-0.2, 0) is 124 Å². The molecule has 12 rings (SSSR count). The Kier molecular flexibility index (Phi) is 26.0. The quantitative estimate of drug-likeness (QED) is 0.0370. The summed E-state index contributed by atoms with van der Waals surface area (Å²) in [5, 5.41) is 36.9. The van der Waals surface area contributed by atoms with Crippen molar-refractivity contribution in [2.45, 2.75) is 196 Å². The van der Waals surface area contributed by atoms with Gasteiger partial charge in [0.25, 0.3) is 0 Å². The maximum atomic E-state index is 13.6. The van der Waals surface area contributed by atoms with Crippen LogP contribution in [0, 0.1) is 0 Å². The lowest BCUT2D eigenvalue weighted by Crippen LogP contribution is -2.68. The molecule has 0 saturated carbocycles. The number of benzene rings is 8. The summed E-state index contributed by atoms with van der Waals surface area (Å²) in [6.45, 7) is 6.69. The molecule has 4 aliphatic heterocycles. The predicted octanol–water partition coefficient (Wildman–Crippen LogP) is 11.1. The molecule has 18 heteroatoms. The first kappa shape index (κ1) is 70.9. The third-order valence-electron chi connectivity index (χ3n) is 18.1. The highest BCUT2D eigenvalue weighted by Crippen LogP contribution is 2.40. The molecule has 98 heavy (non-hydrogen) atoms. The Morgan fingerprint density at radius 1 is 0.255 bits per heavy atom. The van der Waals surface area contributed by atoms with Gasteiger partial charge < -0.3 is 86.4 Å². The van der Waals surface area contributed by atoms with Crippen molar-refractivity contribution >= 4 is 0 Å². The van der Waals surface area contributed by atoms with Gasteiger partial charge in [-0.1, -0.05) is 243 Å². The first-order valence-corrected chi connectivity index (χ1v) is 33.9.